The highest BCUT2D eigenvalue weighted by Crippen LogP contribution is 2.52. The largest absolute Gasteiger partial charge is 0.355 e. The second-order valence-electron chi connectivity index (χ2n) is 17.2. The fraction of sp³-hybridized carbons (Fsp3) is 0.170. The maximum absolute atomic E-state index is 14.7. The Bertz CT molecular complexity index is 2940. The fourth-order valence-electron chi connectivity index (χ4n) is 9.60. The van der Waals surface area contributed by atoms with Crippen LogP contribution in [0.2, 0.25) is 10.0 Å². The molecule has 2 amide bonds. The summed E-state index contributed by atoms with van der Waals surface area (Å²) in [6, 6.07) is 44.2. The van der Waals surface area contributed by atoms with Crippen LogP contribution in [0, 0.1) is 0 Å². The van der Waals surface area contributed by atoms with E-state index in [0.717, 1.165) is 65.0 Å². The van der Waals surface area contributed by atoms with E-state index in [4.69, 9.17) is 23.2 Å². The lowest BCUT2D eigenvalue weighted by Crippen LogP contribution is -2.46. The standard InChI is InChI=1S/C53H44Cl2N4O2S2/c1-52(2)36-16-8-10-18-38(36)56(32-50(60)58-40-20-12-14-22-44(40)62-46-28-26-34(54)30-42(46)58)48(52)24-6-5-7-25-49-53(3,4)37-17-9-11-19-39(37)57(49)33-51(61)59-41-21-13-15-23-45(41)63-47-29-27-35(55)31-43(47)59/h5-31,48H,32-33H2,1-4H3. The Morgan fingerprint density at radius 1 is 0.556 bits per heavy atom. The summed E-state index contributed by atoms with van der Waals surface area (Å²) in [5, 5.41) is 1.17. The number of halogens is 2. The maximum Gasteiger partial charge on any atom is 0.251 e. The molecule has 0 spiro atoms. The van der Waals surface area contributed by atoms with E-state index in [1.165, 1.54) is 5.56 Å². The van der Waals surface area contributed by atoms with Gasteiger partial charge in [-0.2, -0.15) is 0 Å². The van der Waals surface area contributed by atoms with Crippen LogP contribution in [0.25, 0.3) is 0 Å². The molecule has 0 saturated heterocycles. The van der Waals surface area contributed by atoms with Gasteiger partial charge in [-0.1, -0.05) is 159 Å². The highest BCUT2D eigenvalue weighted by molar-refractivity contribution is 8.00. The predicted molar refractivity (Wildman–Crippen MR) is 262 cm³/mol. The van der Waals surface area contributed by atoms with Gasteiger partial charge < -0.3 is 9.80 Å². The van der Waals surface area contributed by atoms with Gasteiger partial charge in [-0.15, -0.1) is 0 Å². The first-order valence-electron chi connectivity index (χ1n) is 21.0. The molecule has 0 aliphatic carbocycles. The molecule has 1 unspecified atom stereocenters. The quantitative estimate of drug-likeness (QED) is 0.149. The molecule has 6 nitrogen and oxygen atoms in total. The summed E-state index contributed by atoms with van der Waals surface area (Å²) in [4.78, 5) is 41.5. The van der Waals surface area contributed by atoms with Crippen molar-refractivity contribution in [2.75, 3.05) is 32.7 Å². The maximum atomic E-state index is 14.7. The van der Waals surface area contributed by atoms with Crippen LogP contribution < -0.4 is 19.6 Å². The number of carbonyl (C=O) groups is 2. The molecule has 10 rings (SSSR count). The molecule has 4 aliphatic rings. The number of carbonyl (C=O) groups excluding carboxylic acids is 2. The number of hydrogen-bond donors (Lipinski definition) is 0. The van der Waals surface area contributed by atoms with Crippen LogP contribution >= 0.6 is 46.7 Å². The van der Waals surface area contributed by atoms with Crippen molar-refractivity contribution >= 4 is 92.7 Å². The van der Waals surface area contributed by atoms with Crippen LogP contribution in [0.1, 0.15) is 38.8 Å². The van der Waals surface area contributed by atoms with Crippen molar-refractivity contribution in [2.45, 2.75) is 64.1 Å². The monoisotopic (exact) mass is 902 g/mol. The molecule has 0 radical (unpaired) electrons. The van der Waals surface area contributed by atoms with Gasteiger partial charge in [0.15, 0.2) is 0 Å². The van der Waals surface area contributed by atoms with Crippen molar-refractivity contribution in [1.82, 2.24) is 0 Å². The molecule has 0 aromatic heterocycles. The molecule has 1 atom stereocenters. The number of anilines is 6. The van der Waals surface area contributed by atoms with Gasteiger partial charge in [0, 0.05) is 57.5 Å². The number of para-hydroxylation sites is 4. The SMILES string of the molecule is CC1(C)C(=CC=CC=CC2N(CC(=O)N3c4ccccc4Sc4ccc(Cl)cc43)c3ccccc3C2(C)C)N(CC(=O)N2c3ccccc3Sc3ccc(Cl)cc32)c2ccccc21. The van der Waals surface area contributed by atoms with Gasteiger partial charge in [-0.05, 0) is 90.0 Å². The lowest BCUT2D eigenvalue weighted by Gasteiger charge is -2.35. The Labute approximate surface area is 387 Å². The highest BCUT2D eigenvalue weighted by atomic mass is 35.5. The van der Waals surface area contributed by atoms with Crippen molar-refractivity contribution < 1.29 is 9.59 Å². The summed E-state index contributed by atoms with van der Waals surface area (Å²) in [6.07, 6.45) is 10.5. The van der Waals surface area contributed by atoms with E-state index in [9.17, 15) is 9.59 Å². The summed E-state index contributed by atoms with van der Waals surface area (Å²) in [5.74, 6) is -0.0851. The summed E-state index contributed by atoms with van der Waals surface area (Å²) in [7, 11) is 0. The molecular formula is C53H44Cl2N4O2S2. The zero-order chi connectivity index (χ0) is 43.6. The van der Waals surface area contributed by atoms with Crippen molar-refractivity contribution in [3.8, 4) is 0 Å². The van der Waals surface area contributed by atoms with Crippen molar-refractivity contribution in [2.24, 2.45) is 0 Å². The third-order valence-electron chi connectivity index (χ3n) is 12.6. The van der Waals surface area contributed by atoms with E-state index < -0.39 is 0 Å². The molecule has 10 heteroatoms. The first-order chi connectivity index (χ1) is 30.4. The molecule has 6 aromatic rings. The first-order valence-corrected chi connectivity index (χ1v) is 23.4. The lowest BCUT2D eigenvalue weighted by molar-refractivity contribution is -0.117. The van der Waals surface area contributed by atoms with Gasteiger partial charge in [-0.25, -0.2) is 0 Å². The number of rotatable bonds is 7. The zero-order valence-corrected chi connectivity index (χ0v) is 38.4. The Morgan fingerprint density at radius 2 is 1.05 bits per heavy atom. The first kappa shape index (κ1) is 41.4. The van der Waals surface area contributed by atoms with Gasteiger partial charge in [0.25, 0.3) is 11.8 Å². The van der Waals surface area contributed by atoms with E-state index >= 15 is 0 Å². The van der Waals surface area contributed by atoms with Crippen LogP contribution in [-0.2, 0) is 20.4 Å². The van der Waals surface area contributed by atoms with Crippen molar-refractivity contribution in [3.05, 3.63) is 191 Å². The van der Waals surface area contributed by atoms with E-state index in [0.29, 0.717) is 10.0 Å². The minimum Gasteiger partial charge on any atom is -0.355 e. The molecule has 0 N–H and O–H groups in total. The van der Waals surface area contributed by atoms with E-state index in [2.05, 4.69) is 116 Å². The average Bonchev–Trinajstić information content (AvgIpc) is 3.62. The number of nitrogens with zero attached hydrogens (tertiary/aromatic N) is 4. The Balaban J connectivity index is 0.950. The minimum absolute atomic E-state index is 0.0338. The second-order valence-corrected chi connectivity index (χ2v) is 20.2. The number of benzene rings is 6. The Hall–Kier alpha value is -5.64. The minimum atomic E-state index is -0.373. The third-order valence-corrected chi connectivity index (χ3v) is 15.4. The van der Waals surface area contributed by atoms with Crippen LogP contribution in [0.4, 0.5) is 34.1 Å². The number of fused-ring (bicyclic) bond motifs is 6. The van der Waals surface area contributed by atoms with Gasteiger partial charge in [-0.3, -0.25) is 19.4 Å². The van der Waals surface area contributed by atoms with Crippen LogP contribution in [0.5, 0.6) is 0 Å². The molecule has 0 saturated carbocycles. The summed E-state index contributed by atoms with van der Waals surface area (Å²) < 4.78 is 0. The summed E-state index contributed by atoms with van der Waals surface area (Å²) in [5.41, 5.74) is 8.08. The Kier molecular flexibility index (Phi) is 10.6. The number of hydrogen-bond acceptors (Lipinski definition) is 6. The van der Waals surface area contributed by atoms with Gasteiger partial charge in [0.05, 0.1) is 35.3 Å². The van der Waals surface area contributed by atoms with Gasteiger partial charge >= 0.3 is 0 Å². The second kappa shape index (κ2) is 16.2. The molecular weight excluding hydrogens is 860 g/mol. The van der Waals surface area contributed by atoms with Crippen LogP contribution in [-0.4, -0.2) is 30.9 Å². The van der Waals surface area contributed by atoms with Crippen LogP contribution in [0.15, 0.2) is 189 Å². The molecule has 314 valence electrons. The topological polar surface area (TPSA) is 47.1 Å². The lowest BCUT2D eigenvalue weighted by atomic mass is 9.80. The highest BCUT2D eigenvalue weighted by Gasteiger charge is 2.45. The molecule has 6 aromatic carbocycles. The average molecular weight is 904 g/mol. The van der Waals surface area contributed by atoms with Crippen molar-refractivity contribution in [3.63, 3.8) is 0 Å². The van der Waals surface area contributed by atoms with Crippen LogP contribution in [0.3, 0.4) is 0 Å². The molecule has 4 heterocycles. The number of amides is 2. The van der Waals surface area contributed by atoms with E-state index in [-0.39, 0.29) is 41.8 Å². The molecule has 4 aliphatic heterocycles. The third kappa shape index (κ3) is 7.17. The summed E-state index contributed by atoms with van der Waals surface area (Å²) >= 11 is 16.4. The predicted octanol–water partition coefficient (Wildman–Crippen LogP) is 13.9. The Morgan fingerprint density at radius 3 is 1.65 bits per heavy atom. The molecule has 63 heavy (non-hydrogen) atoms. The smallest absolute Gasteiger partial charge is 0.251 e. The van der Waals surface area contributed by atoms with Crippen molar-refractivity contribution in [1.29, 1.82) is 0 Å². The van der Waals surface area contributed by atoms with Gasteiger partial charge in [0.1, 0.15) is 6.54 Å². The fourth-order valence-corrected chi connectivity index (χ4v) is 12.0. The summed E-state index contributed by atoms with van der Waals surface area (Å²) in [6.45, 7) is 9.23. The number of allylic oxidation sites excluding steroid dienone is 5. The molecule has 0 bridgehead atoms. The van der Waals surface area contributed by atoms with Gasteiger partial charge in [0.2, 0.25) is 0 Å². The normalized spacial score (nSPS) is 18.3. The zero-order valence-electron chi connectivity index (χ0n) is 35.3. The van der Waals surface area contributed by atoms with E-state index in [1.54, 1.807) is 23.5 Å². The molecule has 0 fully saturated rings. The van der Waals surface area contributed by atoms with E-state index in [1.807, 2.05) is 94.7 Å².